The topological polar surface area (TPSA) is 68.7 Å². The van der Waals surface area contributed by atoms with Gasteiger partial charge in [-0.1, -0.05) is 17.7 Å². The van der Waals surface area contributed by atoms with Gasteiger partial charge in [0.05, 0.1) is 25.3 Å². The standard InChI is InChI=1S/C18H21ClN2O4/c1-11-16(18(23)24-2)14(13-6-3-7-20-17(13)19)9-15(22)21(11)10-12-5-4-8-25-12/h3,6-7,12,14H,4-5,8-10H2,1-2H3. The van der Waals surface area contributed by atoms with Crippen LogP contribution in [0.1, 0.15) is 37.7 Å². The summed E-state index contributed by atoms with van der Waals surface area (Å²) in [5.41, 5.74) is 1.72. The van der Waals surface area contributed by atoms with Gasteiger partial charge in [-0.05, 0) is 31.4 Å². The second kappa shape index (κ2) is 7.54. The predicted octanol–water partition coefficient (Wildman–Crippen LogP) is 2.68. The molecule has 1 fully saturated rings. The molecule has 0 spiro atoms. The second-order valence-corrected chi connectivity index (χ2v) is 6.63. The Morgan fingerprint density at radius 3 is 2.96 bits per heavy atom. The van der Waals surface area contributed by atoms with Crippen LogP contribution in [0.15, 0.2) is 29.6 Å². The van der Waals surface area contributed by atoms with Crippen LogP contribution in [0.4, 0.5) is 0 Å². The number of halogens is 1. The fourth-order valence-corrected chi connectivity index (χ4v) is 3.78. The number of nitrogens with zero attached hydrogens (tertiary/aromatic N) is 2. The number of ether oxygens (including phenoxy) is 2. The molecule has 1 aromatic heterocycles. The lowest BCUT2D eigenvalue weighted by Crippen LogP contribution is -2.42. The molecule has 1 saturated heterocycles. The van der Waals surface area contributed by atoms with E-state index in [9.17, 15) is 9.59 Å². The Balaban J connectivity index is 2.00. The first-order valence-electron chi connectivity index (χ1n) is 8.34. The van der Waals surface area contributed by atoms with Crippen LogP contribution >= 0.6 is 11.6 Å². The van der Waals surface area contributed by atoms with Gasteiger partial charge in [0.25, 0.3) is 0 Å². The van der Waals surface area contributed by atoms with Gasteiger partial charge in [-0.15, -0.1) is 0 Å². The molecular weight excluding hydrogens is 344 g/mol. The van der Waals surface area contributed by atoms with Crippen molar-refractivity contribution in [1.29, 1.82) is 0 Å². The van der Waals surface area contributed by atoms with Crippen LogP contribution in [-0.4, -0.2) is 48.1 Å². The molecule has 0 radical (unpaired) electrons. The molecule has 0 aliphatic carbocycles. The number of methoxy groups -OCH3 is 1. The van der Waals surface area contributed by atoms with E-state index in [4.69, 9.17) is 21.1 Å². The molecule has 7 heteroatoms. The maximum Gasteiger partial charge on any atom is 0.336 e. The molecule has 25 heavy (non-hydrogen) atoms. The highest BCUT2D eigenvalue weighted by molar-refractivity contribution is 6.30. The summed E-state index contributed by atoms with van der Waals surface area (Å²) in [5.74, 6) is -0.959. The van der Waals surface area contributed by atoms with Gasteiger partial charge in [0.2, 0.25) is 5.91 Å². The van der Waals surface area contributed by atoms with E-state index in [0.717, 1.165) is 12.8 Å². The fraction of sp³-hybridized carbons (Fsp3) is 0.500. The Kier molecular flexibility index (Phi) is 5.39. The van der Waals surface area contributed by atoms with Gasteiger partial charge < -0.3 is 14.4 Å². The SMILES string of the molecule is COC(=O)C1=C(C)N(CC2CCCO2)C(=O)CC1c1cccnc1Cl. The molecule has 3 heterocycles. The van der Waals surface area contributed by atoms with E-state index in [0.29, 0.717) is 35.1 Å². The van der Waals surface area contributed by atoms with Gasteiger partial charge in [0.15, 0.2) is 0 Å². The number of amides is 1. The van der Waals surface area contributed by atoms with Crippen LogP contribution in [0.2, 0.25) is 5.15 Å². The summed E-state index contributed by atoms with van der Waals surface area (Å²) in [6.45, 7) is 2.95. The zero-order valence-corrected chi connectivity index (χ0v) is 15.1. The zero-order chi connectivity index (χ0) is 18.0. The minimum absolute atomic E-state index is 0.0105. The number of carbonyl (C=O) groups excluding carboxylic acids is 2. The Labute approximate surface area is 151 Å². The number of allylic oxidation sites excluding steroid dienone is 1. The van der Waals surface area contributed by atoms with Gasteiger partial charge in [-0.3, -0.25) is 4.79 Å². The first kappa shape index (κ1) is 17.9. The third-order valence-electron chi connectivity index (χ3n) is 4.80. The molecular formula is C18H21ClN2O4. The van der Waals surface area contributed by atoms with Crippen molar-refractivity contribution in [2.75, 3.05) is 20.3 Å². The molecule has 0 aromatic carbocycles. The first-order valence-corrected chi connectivity index (χ1v) is 8.72. The maximum atomic E-state index is 12.8. The number of hydrogen-bond donors (Lipinski definition) is 0. The second-order valence-electron chi connectivity index (χ2n) is 6.27. The van der Waals surface area contributed by atoms with Crippen molar-refractivity contribution in [3.05, 3.63) is 40.3 Å². The van der Waals surface area contributed by atoms with Crippen molar-refractivity contribution in [2.45, 2.75) is 38.2 Å². The molecule has 2 aliphatic rings. The average molecular weight is 365 g/mol. The zero-order valence-electron chi connectivity index (χ0n) is 14.3. The Hall–Kier alpha value is -1.92. The van der Waals surface area contributed by atoms with Crippen LogP contribution in [0.25, 0.3) is 0 Å². The number of carbonyl (C=O) groups is 2. The summed E-state index contributed by atoms with van der Waals surface area (Å²) < 4.78 is 10.6. The van der Waals surface area contributed by atoms with Crippen molar-refractivity contribution in [3.8, 4) is 0 Å². The Morgan fingerprint density at radius 2 is 2.32 bits per heavy atom. The third-order valence-corrected chi connectivity index (χ3v) is 5.12. The van der Waals surface area contributed by atoms with Gasteiger partial charge in [-0.2, -0.15) is 0 Å². The van der Waals surface area contributed by atoms with Gasteiger partial charge >= 0.3 is 5.97 Å². The van der Waals surface area contributed by atoms with Crippen molar-refractivity contribution < 1.29 is 19.1 Å². The normalized spacial score (nSPS) is 24.0. The molecule has 2 aliphatic heterocycles. The molecule has 0 N–H and O–H groups in total. The van der Waals surface area contributed by atoms with Crippen molar-refractivity contribution in [2.24, 2.45) is 0 Å². The number of esters is 1. The van der Waals surface area contributed by atoms with E-state index >= 15 is 0 Å². The molecule has 2 atom stereocenters. The lowest BCUT2D eigenvalue weighted by molar-refractivity contribution is -0.138. The Bertz CT molecular complexity index is 713. The fourth-order valence-electron chi connectivity index (χ4n) is 3.53. The van der Waals surface area contributed by atoms with E-state index in [2.05, 4.69) is 4.98 Å². The van der Waals surface area contributed by atoms with Crippen molar-refractivity contribution >= 4 is 23.5 Å². The predicted molar refractivity (Wildman–Crippen MR) is 92.0 cm³/mol. The lowest BCUT2D eigenvalue weighted by Gasteiger charge is -2.35. The number of hydrogen-bond acceptors (Lipinski definition) is 5. The van der Waals surface area contributed by atoms with Crippen LogP contribution < -0.4 is 0 Å². The quantitative estimate of drug-likeness (QED) is 0.607. The number of rotatable bonds is 4. The summed E-state index contributed by atoms with van der Waals surface area (Å²) in [6, 6.07) is 3.54. The first-order chi connectivity index (χ1) is 12.0. The summed E-state index contributed by atoms with van der Waals surface area (Å²) >= 11 is 6.21. The van der Waals surface area contributed by atoms with E-state index in [1.165, 1.54) is 7.11 Å². The largest absolute Gasteiger partial charge is 0.466 e. The molecule has 3 rings (SSSR count). The highest BCUT2D eigenvalue weighted by atomic mass is 35.5. The summed E-state index contributed by atoms with van der Waals surface area (Å²) in [6.07, 6.45) is 3.65. The molecule has 134 valence electrons. The van der Waals surface area contributed by atoms with E-state index in [1.807, 2.05) is 0 Å². The Morgan fingerprint density at radius 1 is 1.52 bits per heavy atom. The summed E-state index contributed by atoms with van der Waals surface area (Å²) in [4.78, 5) is 30.9. The van der Waals surface area contributed by atoms with Gasteiger partial charge in [-0.25, -0.2) is 9.78 Å². The molecule has 0 bridgehead atoms. The highest BCUT2D eigenvalue weighted by Gasteiger charge is 2.38. The molecule has 6 nitrogen and oxygen atoms in total. The van der Waals surface area contributed by atoms with Crippen molar-refractivity contribution in [1.82, 2.24) is 9.88 Å². The van der Waals surface area contributed by atoms with E-state index in [1.54, 1.807) is 30.2 Å². The van der Waals surface area contributed by atoms with Crippen LogP contribution in [0.5, 0.6) is 0 Å². The lowest BCUT2D eigenvalue weighted by atomic mass is 9.84. The number of aromatic nitrogens is 1. The monoisotopic (exact) mass is 364 g/mol. The highest BCUT2D eigenvalue weighted by Crippen LogP contribution is 2.39. The maximum absolute atomic E-state index is 12.8. The summed E-state index contributed by atoms with van der Waals surface area (Å²) in [7, 11) is 1.34. The average Bonchev–Trinajstić information content (AvgIpc) is 3.11. The van der Waals surface area contributed by atoms with E-state index in [-0.39, 0.29) is 18.4 Å². The van der Waals surface area contributed by atoms with E-state index < -0.39 is 11.9 Å². The minimum atomic E-state index is -0.457. The van der Waals surface area contributed by atoms with Crippen molar-refractivity contribution in [3.63, 3.8) is 0 Å². The molecule has 1 aromatic rings. The van der Waals surface area contributed by atoms with Crippen LogP contribution in [0, 0.1) is 0 Å². The third kappa shape index (κ3) is 3.55. The van der Waals surface area contributed by atoms with Gasteiger partial charge in [0, 0.05) is 30.8 Å². The summed E-state index contributed by atoms with van der Waals surface area (Å²) in [5, 5.41) is 0.294. The van der Waals surface area contributed by atoms with Gasteiger partial charge in [0.1, 0.15) is 5.15 Å². The van der Waals surface area contributed by atoms with Crippen LogP contribution in [-0.2, 0) is 19.1 Å². The molecule has 2 unspecified atom stereocenters. The minimum Gasteiger partial charge on any atom is -0.466 e. The molecule has 1 amide bonds. The molecule has 0 saturated carbocycles. The number of pyridine rings is 1. The smallest absolute Gasteiger partial charge is 0.336 e. The van der Waals surface area contributed by atoms with Crippen LogP contribution in [0.3, 0.4) is 0 Å².